The zero-order valence-electron chi connectivity index (χ0n) is 13.0. The average molecular weight is 343 g/mol. The van der Waals surface area contributed by atoms with Crippen molar-refractivity contribution in [3.05, 3.63) is 76.5 Å². The van der Waals surface area contributed by atoms with Gasteiger partial charge in [-0.25, -0.2) is 4.79 Å². The first-order valence-electron chi connectivity index (χ1n) is 7.43. The van der Waals surface area contributed by atoms with Crippen LogP contribution in [0, 0.1) is 0 Å². The number of methoxy groups -OCH3 is 1. The second kappa shape index (κ2) is 6.89. The average Bonchev–Trinajstić information content (AvgIpc) is 3.07. The van der Waals surface area contributed by atoms with Gasteiger partial charge in [0.05, 0.1) is 7.11 Å². The molecule has 0 radical (unpaired) electrons. The Kier molecular flexibility index (Phi) is 4.67. The molecule has 2 aromatic carbocycles. The molecule has 3 rings (SSSR count). The van der Waals surface area contributed by atoms with Crippen LogP contribution in [-0.2, 0) is 14.3 Å². The van der Waals surface area contributed by atoms with Gasteiger partial charge in [0.1, 0.15) is 0 Å². The topological polar surface area (TPSA) is 52.6 Å². The van der Waals surface area contributed by atoms with Gasteiger partial charge in [0.2, 0.25) is 5.78 Å². The van der Waals surface area contributed by atoms with Crippen molar-refractivity contribution >= 4 is 28.9 Å². The number of Topliss-reactive ketones (excluding diaryl/α,β-unsaturated/α-hetero) is 1. The van der Waals surface area contributed by atoms with Crippen LogP contribution in [0.3, 0.4) is 0 Å². The number of benzene rings is 2. The van der Waals surface area contributed by atoms with E-state index in [1.807, 2.05) is 30.3 Å². The van der Waals surface area contributed by atoms with Gasteiger partial charge in [0.15, 0.2) is 11.9 Å². The zero-order chi connectivity index (χ0) is 17.1. The minimum absolute atomic E-state index is 0.180. The predicted molar refractivity (Wildman–Crippen MR) is 90.7 cm³/mol. The molecule has 2 aromatic rings. The standard InChI is InChI=1S/C19H15ClO4/c1-23-19(22)16-11-15(12-5-3-2-4-6-12)18(24-16)17(21)13-7-9-14(20)10-8-13/h2-10,16H,11H2,1H3. The van der Waals surface area contributed by atoms with E-state index in [0.717, 1.165) is 5.56 Å². The van der Waals surface area contributed by atoms with E-state index in [0.29, 0.717) is 22.6 Å². The zero-order valence-corrected chi connectivity index (χ0v) is 13.7. The van der Waals surface area contributed by atoms with Gasteiger partial charge in [0.25, 0.3) is 0 Å². The van der Waals surface area contributed by atoms with Crippen molar-refractivity contribution in [2.24, 2.45) is 0 Å². The van der Waals surface area contributed by atoms with Crippen LogP contribution in [0.2, 0.25) is 5.02 Å². The largest absolute Gasteiger partial charge is 0.474 e. The molecule has 0 fully saturated rings. The van der Waals surface area contributed by atoms with Gasteiger partial charge in [-0.2, -0.15) is 0 Å². The number of ketones is 1. The van der Waals surface area contributed by atoms with Gasteiger partial charge >= 0.3 is 5.97 Å². The van der Waals surface area contributed by atoms with Crippen molar-refractivity contribution in [2.75, 3.05) is 7.11 Å². The number of halogens is 1. The summed E-state index contributed by atoms with van der Waals surface area (Å²) in [6.45, 7) is 0. The molecule has 0 saturated carbocycles. The van der Waals surface area contributed by atoms with Crippen molar-refractivity contribution < 1.29 is 19.1 Å². The number of esters is 1. The van der Waals surface area contributed by atoms with E-state index in [-0.39, 0.29) is 11.5 Å². The van der Waals surface area contributed by atoms with Crippen LogP contribution in [0.4, 0.5) is 0 Å². The van der Waals surface area contributed by atoms with Crippen LogP contribution in [-0.4, -0.2) is 25.0 Å². The summed E-state index contributed by atoms with van der Waals surface area (Å²) >= 11 is 5.87. The van der Waals surface area contributed by atoms with Gasteiger partial charge in [0, 0.05) is 22.6 Å². The molecule has 0 bridgehead atoms. The molecular formula is C19H15ClO4. The Morgan fingerprint density at radius 2 is 1.75 bits per heavy atom. The first kappa shape index (κ1) is 16.3. The number of hydrogen-bond acceptors (Lipinski definition) is 4. The number of ether oxygens (including phenoxy) is 2. The summed E-state index contributed by atoms with van der Waals surface area (Å²) in [5, 5.41) is 0.545. The lowest BCUT2D eigenvalue weighted by Gasteiger charge is -2.10. The molecule has 1 heterocycles. The molecule has 5 heteroatoms. The SMILES string of the molecule is COC(=O)C1CC(c2ccccc2)=C(C(=O)c2ccc(Cl)cc2)O1. The Hall–Kier alpha value is -2.59. The number of carbonyl (C=O) groups excluding carboxylic acids is 2. The van der Waals surface area contributed by atoms with E-state index in [4.69, 9.17) is 21.1 Å². The smallest absolute Gasteiger partial charge is 0.347 e. The van der Waals surface area contributed by atoms with E-state index < -0.39 is 12.1 Å². The molecule has 1 aliphatic rings. The summed E-state index contributed by atoms with van der Waals surface area (Å²) in [5.41, 5.74) is 2.00. The van der Waals surface area contributed by atoms with E-state index in [2.05, 4.69) is 0 Å². The molecule has 1 atom stereocenters. The maximum Gasteiger partial charge on any atom is 0.347 e. The number of rotatable bonds is 4. The Balaban J connectivity index is 2.00. The van der Waals surface area contributed by atoms with E-state index in [9.17, 15) is 9.59 Å². The minimum atomic E-state index is -0.809. The maximum atomic E-state index is 12.8. The van der Waals surface area contributed by atoms with Gasteiger partial charge in [-0.05, 0) is 29.8 Å². The molecule has 0 spiro atoms. The molecule has 0 amide bonds. The fourth-order valence-corrected chi connectivity index (χ4v) is 2.73. The number of allylic oxidation sites excluding steroid dienone is 1. The third-order valence-electron chi connectivity index (χ3n) is 3.82. The highest BCUT2D eigenvalue weighted by molar-refractivity contribution is 6.30. The van der Waals surface area contributed by atoms with E-state index in [1.165, 1.54) is 7.11 Å². The fourth-order valence-electron chi connectivity index (χ4n) is 2.61. The van der Waals surface area contributed by atoms with Crippen LogP contribution in [0.5, 0.6) is 0 Å². The van der Waals surface area contributed by atoms with Gasteiger partial charge in [-0.15, -0.1) is 0 Å². The van der Waals surface area contributed by atoms with Crippen LogP contribution in [0.25, 0.3) is 5.57 Å². The molecule has 0 saturated heterocycles. The lowest BCUT2D eigenvalue weighted by atomic mass is 9.98. The third kappa shape index (κ3) is 3.19. The van der Waals surface area contributed by atoms with E-state index in [1.54, 1.807) is 24.3 Å². The quantitative estimate of drug-likeness (QED) is 0.624. The van der Waals surface area contributed by atoms with Crippen molar-refractivity contribution in [1.82, 2.24) is 0 Å². The van der Waals surface area contributed by atoms with E-state index >= 15 is 0 Å². The third-order valence-corrected chi connectivity index (χ3v) is 4.07. The van der Waals surface area contributed by atoms with Crippen LogP contribution >= 0.6 is 11.6 Å². The van der Waals surface area contributed by atoms with Gasteiger partial charge in [-0.1, -0.05) is 41.9 Å². The second-order valence-corrected chi connectivity index (χ2v) is 5.78. The Labute approximate surface area is 144 Å². The molecule has 1 aliphatic heterocycles. The Morgan fingerprint density at radius 1 is 1.08 bits per heavy atom. The molecule has 0 N–H and O–H groups in total. The molecule has 0 aliphatic carbocycles. The first-order chi connectivity index (χ1) is 11.6. The van der Waals surface area contributed by atoms with Gasteiger partial charge < -0.3 is 9.47 Å². The van der Waals surface area contributed by atoms with Crippen LogP contribution in [0.15, 0.2) is 60.4 Å². The summed E-state index contributed by atoms with van der Waals surface area (Å²) in [6.07, 6.45) is -0.512. The highest BCUT2D eigenvalue weighted by Gasteiger charge is 2.36. The normalized spacial score (nSPS) is 16.7. The lowest BCUT2D eigenvalue weighted by Crippen LogP contribution is -2.22. The Bertz CT molecular complexity index is 794. The molecule has 4 nitrogen and oxygen atoms in total. The second-order valence-electron chi connectivity index (χ2n) is 5.34. The summed E-state index contributed by atoms with van der Waals surface area (Å²) in [6, 6.07) is 16.0. The first-order valence-corrected chi connectivity index (χ1v) is 7.81. The van der Waals surface area contributed by atoms with Crippen molar-refractivity contribution in [3.8, 4) is 0 Å². The van der Waals surface area contributed by atoms with Crippen molar-refractivity contribution in [3.63, 3.8) is 0 Å². The molecule has 0 aromatic heterocycles. The molecule has 122 valence electrons. The number of hydrogen-bond donors (Lipinski definition) is 0. The summed E-state index contributed by atoms with van der Waals surface area (Å²) in [7, 11) is 1.30. The monoisotopic (exact) mass is 342 g/mol. The molecule has 1 unspecified atom stereocenters. The highest BCUT2D eigenvalue weighted by atomic mass is 35.5. The summed E-state index contributed by atoms with van der Waals surface area (Å²) in [5.74, 6) is -0.599. The minimum Gasteiger partial charge on any atom is -0.474 e. The van der Waals surface area contributed by atoms with Crippen molar-refractivity contribution in [1.29, 1.82) is 0 Å². The maximum absolute atomic E-state index is 12.8. The Morgan fingerprint density at radius 3 is 2.38 bits per heavy atom. The van der Waals surface area contributed by atoms with Crippen molar-refractivity contribution in [2.45, 2.75) is 12.5 Å². The fraction of sp³-hybridized carbons (Fsp3) is 0.158. The van der Waals surface area contributed by atoms with Crippen LogP contribution in [0.1, 0.15) is 22.3 Å². The van der Waals surface area contributed by atoms with Gasteiger partial charge in [-0.3, -0.25) is 4.79 Å². The molecule has 24 heavy (non-hydrogen) atoms. The summed E-state index contributed by atoms with van der Waals surface area (Å²) < 4.78 is 10.4. The predicted octanol–water partition coefficient (Wildman–Crippen LogP) is 3.90. The number of carbonyl (C=O) groups is 2. The summed E-state index contributed by atoms with van der Waals surface area (Å²) in [4.78, 5) is 24.7. The highest BCUT2D eigenvalue weighted by Crippen LogP contribution is 2.35. The lowest BCUT2D eigenvalue weighted by molar-refractivity contribution is -0.150. The molecular weight excluding hydrogens is 328 g/mol. The van der Waals surface area contributed by atoms with Crippen LogP contribution < -0.4 is 0 Å².